The van der Waals surface area contributed by atoms with Crippen LogP contribution in [0.1, 0.15) is 0 Å². The first-order chi connectivity index (χ1) is 29.3. The van der Waals surface area contributed by atoms with Crippen molar-refractivity contribution in [2.24, 2.45) is 0 Å². The maximum atomic E-state index is 5.29. The van der Waals surface area contributed by atoms with E-state index in [0.29, 0.717) is 0 Å². The Balaban J connectivity index is 1.11. The summed E-state index contributed by atoms with van der Waals surface area (Å²) < 4.78 is 7.19. The van der Waals surface area contributed by atoms with E-state index in [-0.39, 0.29) is 0 Å². The summed E-state index contributed by atoms with van der Waals surface area (Å²) in [5, 5.41) is 6.14. The number of hydrogen-bond donors (Lipinski definition) is 0. The Labute approximate surface area is 341 Å². The van der Waals surface area contributed by atoms with Crippen molar-refractivity contribution in [1.82, 2.24) is 18.7 Å². The third kappa shape index (κ3) is 5.34. The maximum absolute atomic E-state index is 5.29. The molecule has 276 valence electrons. The van der Waals surface area contributed by atoms with E-state index in [2.05, 4.69) is 232 Å². The van der Waals surface area contributed by atoms with E-state index in [1.807, 2.05) is 0 Å². The summed E-state index contributed by atoms with van der Waals surface area (Å²) in [6.45, 7) is 0. The zero-order valence-electron chi connectivity index (χ0n) is 32.1. The fourth-order valence-electron chi connectivity index (χ4n) is 9.16. The molecular weight excluding hydrogens is 717 g/mol. The second-order valence-corrected chi connectivity index (χ2v) is 15.2. The average molecular weight is 753 g/mol. The van der Waals surface area contributed by atoms with Gasteiger partial charge in [0.2, 0.25) is 0 Å². The molecule has 0 bridgehead atoms. The van der Waals surface area contributed by atoms with E-state index >= 15 is 0 Å². The van der Waals surface area contributed by atoms with Gasteiger partial charge in [0.05, 0.1) is 39.0 Å². The lowest BCUT2D eigenvalue weighted by atomic mass is 10.00. The normalized spacial score (nSPS) is 11.7. The van der Waals surface area contributed by atoms with Gasteiger partial charge in [-0.3, -0.25) is 0 Å². The first kappa shape index (κ1) is 33.2. The Morgan fingerprint density at radius 2 is 0.881 bits per heavy atom. The third-order valence-corrected chi connectivity index (χ3v) is 11.8. The van der Waals surface area contributed by atoms with E-state index in [1.54, 1.807) is 0 Å². The highest BCUT2D eigenvalue weighted by Crippen LogP contribution is 2.42. The van der Waals surface area contributed by atoms with Crippen molar-refractivity contribution in [3.05, 3.63) is 219 Å². The Morgan fingerprint density at radius 3 is 1.64 bits per heavy atom. The summed E-state index contributed by atoms with van der Waals surface area (Å²) in [6.07, 6.45) is 2.20. The molecule has 0 saturated carbocycles. The number of pyridine rings is 1. The van der Waals surface area contributed by atoms with E-state index < -0.39 is 0 Å². The average Bonchev–Trinajstić information content (AvgIpc) is 3.99. The van der Waals surface area contributed by atoms with Crippen LogP contribution in [-0.4, -0.2) is 18.7 Å². The molecule has 12 rings (SSSR count). The number of aromatic nitrogens is 4. The number of rotatable bonds is 6. The highest BCUT2D eigenvalue weighted by molar-refractivity contribution is 6.23. The van der Waals surface area contributed by atoms with Gasteiger partial charge in [0.15, 0.2) is 0 Å². The molecule has 4 nitrogen and oxygen atoms in total. The van der Waals surface area contributed by atoms with Crippen LogP contribution >= 0.6 is 0 Å². The molecule has 0 spiro atoms. The number of nitrogens with zero attached hydrogens (tertiary/aromatic N) is 4. The number of benzene rings is 8. The van der Waals surface area contributed by atoms with Crippen LogP contribution in [0.15, 0.2) is 219 Å². The van der Waals surface area contributed by atoms with Gasteiger partial charge in [-0.2, -0.15) is 0 Å². The number of fused-ring (bicyclic) bond motifs is 8. The van der Waals surface area contributed by atoms with Crippen molar-refractivity contribution in [2.75, 3.05) is 0 Å². The molecule has 0 unspecified atom stereocenters. The van der Waals surface area contributed by atoms with Crippen molar-refractivity contribution < 1.29 is 0 Å². The standard InChI is InChI=1S/C55H36N4/c1-5-16-37(17-6-1)40-33-49(38-18-7-2-8-19-38)56-50(34-40)39-20-15-25-43(32-39)58-52-27-14-13-26-44(52)47-35-48-45-28-29-51-46(30-31-57(51)41-21-9-3-10-22-41)55(45)59(54(48)36-53(47)58)42-23-11-4-12-24-42/h1-36H. The van der Waals surface area contributed by atoms with Gasteiger partial charge in [0.1, 0.15) is 0 Å². The number of hydrogen-bond acceptors (Lipinski definition) is 1. The van der Waals surface area contributed by atoms with Crippen molar-refractivity contribution in [3.63, 3.8) is 0 Å². The minimum atomic E-state index is 0.936. The summed E-state index contributed by atoms with van der Waals surface area (Å²) in [6, 6.07) is 76.2. The summed E-state index contributed by atoms with van der Waals surface area (Å²) in [7, 11) is 0. The van der Waals surface area contributed by atoms with Crippen LogP contribution in [0.25, 0.3) is 105 Å². The van der Waals surface area contributed by atoms with Gasteiger partial charge in [-0.1, -0.05) is 133 Å². The lowest BCUT2D eigenvalue weighted by Crippen LogP contribution is -1.97. The highest BCUT2D eigenvalue weighted by atomic mass is 15.0. The highest BCUT2D eigenvalue weighted by Gasteiger charge is 2.21. The minimum Gasteiger partial charge on any atom is -0.316 e. The second-order valence-electron chi connectivity index (χ2n) is 15.2. The molecular formula is C55H36N4. The SMILES string of the molecule is c1ccc(-c2cc(-c3ccccc3)nc(-c3cccc(-n4c5ccccc5c5cc6c7ccc8c(ccn8-c8ccccc8)c7n(-c7ccccc7)c6cc54)c3)c2)cc1. The van der Waals surface area contributed by atoms with Gasteiger partial charge in [-0.25, -0.2) is 4.98 Å². The first-order valence-corrected chi connectivity index (χ1v) is 20.1. The summed E-state index contributed by atoms with van der Waals surface area (Å²) in [5.41, 5.74) is 15.6. The van der Waals surface area contributed by atoms with Gasteiger partial charge in [0.25, 0.3) is 0 Å². The predicted octanol–water partition coefficient (Wildman–Crippen LogP) is 14.2. The monoisotopic (exact) mass is 752 g/mol. The molecule has 12 aromatic rings. The van der Waals surface area contributed by atoms with Crippen molar-refractivity contribution in [3.8, 4) is 50.7 Å². The molecule has 0 aliphatic carbocycles. The molecule has 4 heterocycles. The van der Waals surface area contributed by atoms with Crippen LogP contribution < -0.4 is 0 Å². The molecule has 59 heavy (non-hydrogen) atoms. The Morgan fingerprint density at radius 1 is 0.288 bits per heavy atom. The third-order valence-electron chi connectivity index (χ3n) is 11.8. The maximum Gasteiger partial charge on any atom is 0.0716 e. The molecule has 0 amide bonds. The Kier molecular flexibility index (Phi) is 7.50. The van der Waals surface area contributed by atoms with Crippen LogP contribution in [0, 0.1) is 0 Å². The summed E-state index contributed by atoms with van der Waals surface area (Å²) >= 11 is 0. The smallest absolute Gasteiger partial charge is 0.0716 e. The molecule has 4 aromatic heterocycles. The minimum absolute atomic E-state index is 0.936. The van der Waals surface area contributed by atoms with Gasteiger partial charge in [-0.15, -0.1) is 0 Å². The fourth-order valence-corrected chi connectivity index (χ4v) is 9.16. The number of para-hydroxylation sites is 3. The van der Waals surface area contributed by atoms with Gasteiger partial charge < -0.3 is 13.7 Å². The Bertz CT molecular complexity index is 3460. The quantitative estimate of drug-likeness (QED) is 0.166. The molecule has 0 aliphatic heterocycles. The summed E-state index contributed by atoms with van der Waals surface area (Å²) in [4.78, 5) is 5.29. The Hall–Kier alpha value is -7.95. The largest absolute Gasteiger partial charge is 0.316 e. The topological polar surface area (TPSA) is 27.7 Å². The van der Waals surface area contributed by atoms with Crippen molar-refractivity contribution >= 4 is 54.5 Å². The van der Waals surface area contributed by atoms with Crippen LogP contribution in [0.5, 0.6) is 0 Å². The lowest BCUT2D eigenvalue weighted by molar-refractivity contribution is 1.13. The zero-order valence-corrected chi connectivity index (χ0v) is 32.1. The molecule has 0 saturated heterocycles. The molecule has 0 N–H and O–H groups in total. The second kappa shape index (κ2) is 13.3. The molecule has 4 heteroatoms. The predicted molar refractivity (Wildman–Crippen MR) is 246 cm³/mol. The van der Waals surface area contributed by atoms with Crippen LogP contribution in [0.2, 0.25) is 0 Å². The van der Waals surface area contributed by atoms with E-state index in [1.165, 1.54) is 54.6 Å². The van der Waals surface area contributed by atoms with E-state index in [0.717, 1.165) is 50.7 Å². The van der Waals surface area contributed by atoms with Crippen LogP contribution in [-0.2, 0) is 0 Å². The molecule has 0 aliphatic rings. The van der Waals surface area contributed by atoms with E-state index in [9.17, 15) is 0 Å². The molecule has 0 radical (unpaired) electrons. The lowest BCUT2D eigenvalue weighted by Gasteiger charge is -2.13. The van der Waals surface area contributed by atoms with Gasteiger partial charge >= 0.3 is 0 Å². The fraction of sp³-hybridized carbons (Fsp3) is 0. The molecule has 0 fully saturated rings. The van der Waals surface area contributed by atoms with E-state index in [4.69, 9.17) is 4.98 Å². The summed E-state index contributed by atoms with van der Waals surface area (Å²) in [5.74, 6) is 0. The van der Waals surface area contributed by atoms with Gasteiger partial charge in [-0.05, 0) is 90.0 Å². The van der Waals surface area contributed by atoms with Crippen molar-refractivity contribution in [2.45, 2.75) is 0 Å². The first-order valence-electron chi connectivity index (χ1n) is 20.1. The van der Waals surface area contributed by atoms with Gasteiger partial charge in [0, 0.05) is 61.3 Å². The molecule has 0 atom stereocenters. The zero-order chi connectivity index (χ0) is 38.9. The molecule has 8 aromatic carbocycles. The van der Waals surface area contributed by atoms with Crippen molar-refractivity contribution in [1.29, 1.82) is 0 Å². The van der Waals surface area contributed by atoms with Crippen LogP contribution in [0.3, 0.4) is 0 Å². The van der Waals surface area contributed by atoms with Crippen LogP contribution in [0.4, 0.5) is 0 Å².